The summed E-state index contributed by atoms with van der Waals surface area (Å²) in [5.74, 6) is 0. The quantitative estimate of drug-likeness (QED) is 0.673. The summed E-state index contributed by atoms with van der Waals surface area (Å²) in [6.45, 7) is 3.97. The second-order valence-electron chi connectivity index (χ2n) is 4.62. The first-order valence-electron chi connectivity index (χ1n) is 6.05. The summed E-state index contributed by atoms with van der Waals surface area (Å²) in [4.78, 5) is 4.37. The Balaban J connectivity index is 2.43. The number of fused-ring (bicyclic) bond motifs is 1. The average Bonchev–Trinajstić information content (AvgIpc) is 2.66. The lowest BCUT2D eigenvalue weighted by Gasteiger charge is -2.11. The van der Waals surface area contributed by atoms with Crippen LogP contribution < -0.4 is 5.73 Å². The fourth-order valence-electron chi connectivity index (χ4n) is 2.24. The molecule has 0 aliphatic heterocycles. The van der Waals surface area contributed by atoms with Crippen molar-refractivity contribution in [2.24, 2.45) is 0 Å². The maximum absolute atomic E-state index is 6.14. The van der Waals surface area contributed by atoms with Gasteiger partial charge in [0.1, 0.15) is 0 Å². The van der Waals surface area contributed by atoms with Crippen molar-refractivity contribution in [2.75, 3.05) is 5.73 Å². The smallest absolute Gasteiger partial charge is 0.0988 e. The molecule has 3 rings (SSSR count). The molecule has 20 heavy (non-hydrogen) atoms. The van der Waals surface area contributed by atoms with E-state index in [1.54, 1.807) is 6.20 Å². The van der Waals surface area contributed by atoms with Crippen molar-refractivity contribution in [3.05, 3.63) is 44.7 Å². The highest BCUT2D eigenvalue weighted by atomic mass is 79.9. The molecule has 0 aliphatic rings. The van der Waals surface area contributed by atoms with Gasteiger partial charge in [-0.1, -0.05) is 15.9 Å². The van der Waals surface area contributed by atoms with Gasteiger partial charge >= 0.3 is 0 Å². The topological polar surface area (TPSA) is 56.7 Å². The first-order valence-corrected chi connectivity index (χ1v) is 7.63. The number of hydrogen-bond donors (Lipinski definition) is 1. The van der Waals surface area contributed by atoms with Crippen LogP contribution in [0.25, 0.3) is 16.6 Å². The number of benzene rings is 1. The Bertz CT molecular complexity index is 818. The van der Waals surface area contributed by atoms with E-state index in [1.807, 2.05) is 36.7 Å². The summed E-state index contributed by atoms with van der Waals surface area (Å²) >= 11 is 7.05. The lowest BCUT2D eigenvalue weighted by Crippen LogP contribution is -2.05. The SMILES string of the molecule is Cc1nn(-c2c(N)cnc3ccc(Br)cc23)c(C)c1Br. The Morgan fingerprint density at radius 2 is 1.95 bits per heavy atom. The zero-order valence-corrected chi connectivity index (χ0v) is 14.2. The summed E-state index contributed by atoms with van der Waals surface area (Å²) < 4.78 is 3.85. The second-order valence-corrected chi connectivity index (χ2v) is 6.33. The van der Waals surface area contributed by atoms with Crippen LogP contribution in [0, 0.1) is 13.8 Å². The van der Waals surface area contributed by atoms with E-state index in [9.17, 15) is 0 Å². The number of nitrogen functional groups attached to an aromatic ring is 1. The van der Waals surface area contributed by atoms with Gasteiger partial charge in [-0.25, -0.2) is 4.68 Å². The van der Waals surface area contributed by atoms with Gasteiger partial charge in [-0.05, 0) is 48.0 Å². The molecule has 2 N–H and O–H groups in total. The summed E-state index contributed by atoms with van der Waals surface area (Å²) in [7, 11) is 0. The lowest BCUT2D eigenvalue weighted by atomic mass is 10.1. The van der Waals surface area contributed by atoms with Crippen LogP contribution in [0.15, 0.2) is 33.3 Å². The minimum atomic E-state index is 0.605. The number of aryl methyl sites for hydroxylation is 1. The van der Waals surface area contributed by atoms with Gasteiger partial charge in [-0.2, -0.15) is 5.10 Å². The molecule has 0 spiro atoms. The standard InChI is InChI=1S/C14H12Br2N4/c1-7-13(16)8(2)20(19-7)14-10-5-9(15)3-4-12(10)18-6-11(14)17/h3-6H,17H2,1-2H3. The van der Waals surface area contributed by atoms with E-state index in [0.29, 0.717) is 5.69 Å². The predicted molar refractivity (Wildman–Crippen MR) is 88.2 cm³/mol. The van der Waals surface area contributed by atoms with Crippen LogP contribution in [0.5, 0.6) is 0 Å². The summed E-state index contributed by atoms with van der Waals surface area (Å²) in [5.41, 5.74) is 10.4. The van der Waals surface area contributed by atoms with E-state index in [0.717, 1.165) is 36.9 Å². The normalized spacial score (nSPS) is 11.2. The van der Waals surface area contributed by atoms with E-state index >= 15 is 0 Å². The van der Waals surface area contributed by atoms with Crippen molar-refractivity contribution in [3.8, 4) is 5.69 Å². The van der Waals surface area contributed by atoms with Crippen LogP contribution in [-0.2, 0) is 0 Å². The van der Waals surface area contributed by atoms with E-state index in [1.165, 1.54) is 0 Å². The van der Waals surface area contributed by atoms with E-state index in [4.69, 9.17) is 5.73 Å². The summed E-state index contributed by atoms with van der Waals surface area (Å²) in [6, 6.07) is 5.94. The highest BCUT2D eigenvalue weighted by Gasteiger charge is 2.15. The number of rotatable bonds is 1. The Hall–Kier alpha value is -1.40. The first kappa shape index (κ1) is 13.6. The minimum absolute atomic E-state index is 0.605. The number of pyridine rings is 1. The zero-order valence-electron chi connectivity index (χ0n) is 11.0. The molecule has 4 nitrogen and oxygen atoms in total. The Kier molecular flexibility index (Phi) is 3.30. The fourth-order valence-corrected chi connectivity index (χ4v) is 2.85. The molecule has 6 heteroatoms. The molecule has 1 aromatic carbocycles. The first-order chi connectivity index (χ1) is 9.49. The molecule has 0 bridgehead atoms. The van der Waals surface area contributed by atoms with E-state index in [-0.39, 0.29) is 0 Å². The van der Waals surface area contributed by atoms with Gasteiger partial charge in [0.05, 0.1) is 38.9 Å². The number of halogens is 2. The monoisotopic (exact) mass is 394 g/mol. The average molecular weight is 396 g/mol. The molecular weight excluding hydrogens is 384 g/mol. The van der Waals surface area contributed by atoms with Crippen LogP contribution >= 0.6 is 31.9 Å². The predicted octanol–water partition coefficient (Wildman–Crippen LogP) is 4.14. The third-order valence-electron chi connectivity index (χ3n) is 3.24. The molecule has 0 saturated heterocycles. The Morgan fingerprint density at radius 1 is 1.20 bits per heavy atom. The van der Waals surface area contributed by atoms with Gasteiger partial charge in [-0.3, -0.25) is 4.98 Å². The molecule has 0 amide bonds. The second kappa shape index (κ2) is 4.86. The maximum Gasteiger partial charge on any atom is 0.0988 e. The number of nitrogens with two attached hydrogens (primary N) is 1. The van der Waals surface area contributed by atoms with Gasteiger partial charge in [0, 0.05) is 9.86 Å². The van der Waals surface area contributed by atoms with Gasteiger partial charge < -0.3 is 5.73 Å². The zero-order chi connectivity index (χ0) is 14.4. The summed E-state index contributed by atoms with van der Waals surface area (Å²) in [6.07, 6.45) is 1.68. The van der Waals surface area contributed by atoms with Gasteiger partial charge in [0.15, 0.2) is 0 Å². The van der Waals surface area contributed by atoms with Crippen LogP contribution in [0.3, 0.4) is 0 Å². The molecule has 0 saturated carbocycles. The third-order valence-corrected chi connectivity index (χ3v) is 4.89. The van der Waals surface area contributed by atoms with Crippen LogP contribution in [0.4, 0.5) is 5.69 Å². The van der Waals surface area contributed by atoms with Crippen molar-refractivity contribution >= 4 is 48.5 Å². The molecule has 2 aromatic heterocycles. The van der Waals surface area contributed by atoms with Crippen LogP contribution in [0.1, 0.15) is 11.4 Å². The molecule has 102 valence electrons. The number of anilines is 1. The molecule has 0 radical (unpaired) electrons. The van der Waals surface area contributed by atoms with Crippen molar-refractivity contribution in [3.63, 3.8) is 0 Å². The number of nitrogens with zero attached hydrogens (tertiary/aromatic N) is 3. The maximum atomic E-state index is 6.14. The summed E-state index contributed by atoms with van der Waals surface area (Å²) in [5, 5.41) is 5.54. The van der Waals surface area contributed by atoms with Crippen molar-refractivity contribution < 1.29 is 0 Å². The lowest BCUT2D eigenvalue weighted by molar-refractivity contribution is 0.840. The largest absolute Gasteiger partial charge is 0.396 e. The van der Waals surface area contributed by atoms with Gasteiger partial charge in [0.2, 0.25) is 0 Å². The molecule has 0 aliphatic carbocycles. The molecule has 0 fully saturated rings. The van der Waals surface area contributed by atoms with Crippen molar-refractivity contribution in [1.29, 1.82) is 0 Å². The third kappa shape index (κ3) is 2.03. The molecule has 0 atom stereocenters. The van der Waals surface area contributed by atoms with Crippen LogP contribution in [0.2, 0.25) is 0 Å². The molecular formula is C14H12Br2N4. The molecule has 0 unspecified atom stereocenters. The number of hydrogen-bond acceptors (Lipinski definition) is 3. The van der Waals surface area contributed by atoms with Crippen molar-refractivity contribution in [1.82, 2.24) is 14.8 Å². The Labute approximate surface area is 133 Å². The molecule has 2 heterocycles. The highest BCUT2D eigenvalue weighted by Crippen LogP contribution is 2.31. The van der Waals surface area contributed by atoms with Gasteiger partial charge in [0.25, 0.3) is 0 Å². The molecule has 3 aromatic rings. The van der Waals surface area contributed by atoms with Crippen molar-refractivity contribution in [2.45, 2.75) is 13.8 Å². The van der Waals surface area contributed by atoms with E-state index in [2.05, 4.69) is 41.9 Å². The fraction of sp³-hybridized carbons (Fsp3) is 0.143. The highest BCUT2D eigenvalue weighted by molar-refractivity contribution is 9.10. The number of aromatic nitrogens is 3. The van der Waals surface area contributed by atoms with Crippen LogP contribution in [-0.4, -0.2) is 14.8 Å². The minimum Gasteiger partial charge on any atom is -0.396 e. The van der Waals surface area contributed by atoms with E-state index < -0.39 is 0 Å². The van der Waals surface area contributed by atoms with Gasteiger partial charge in [-0.15, -0.1) is 0 Å². The Morgan fingerprint density at radius 3 is 2.60 bits per heavy atom.